The molecule has 4 rings (SSSR count). The fourth-order valence-corrected chi connectivity index (χ4v) is 4.24. The Morgan fingerprint density at radius 1 is 1.06 bits per heavy atom. The average Bonchev–Trinajstić information content (AvgIpc) is 3.20. The Hall–Kier alpha value is -2.95. The number of carbonyl (C=O) groups excluding carboxylic acids is 1. The van der Waals surface area contributed by atoms with E-state index < -0.39 is 0 Å². The highest BCUT2D eigenvalue weighted by Gasteiger charge is 2.34. The normalized spacial score (nSPS) is 15.9. The van der Waals surface area contributed by atoms with Crippen LogP contribution in [0.5, 0.6) is 0 Å². The first-order chi connectivity index (χ1) is 15.0. The van der Waals surface area contributed by atoms with Crippen molar-refractivity contribution in [3.8, 4) is 0 Å². The highest BCUT2D eigenvalue weighted by molar-refractivity contribution is 6.31. The zero-order valence-corrected chi connectivity index (χ0v) is 18.6. The van der Waals surface area contributed by atoms with Gasteiger partial charge >= 0.3 is 0 Å². The summed E-state index contributed by atoms with van der Waals surface area (Å²) in [5, 5.41) is 7.05. The van der Waals surface area contributed by atoms with E-state index in [1.807, 2.05) is 66.5 Å². The number of hydrazone groups is 1. The minimum absolute atomic E-state index is 0.0361. The molecule has 0 fully saturated rings. The first kappa shape index (κ1) is 21.3. The summed E-state index contributed by atoms with van der Waals surface area (Å²) in [5.74, 6) is -0.0361. The molecule has 1 aliphatic heterocycles. The molecule has 0 aromatic heterocycles. The molecule has 0 saturated heterocycles. The molecule has 3 aromatic carbocycles. The molecule has 0 aliphatic carbocycles. The van der Waals surface area contributed by atoms with Crippen molar-refractivity contribution in [1.82, 2.24) is 9.91 Å². The van der Waals surface area contributed by atoms with Crippen LogP contribution in [0, 0.1) is 6.92 Å². The van der Waals surface area contributed by atoms with Crippen molar-refractivity contribution in [3.63, 3.8) is 0 Å². The summed E-state index contributed by atoms with van der Waals surface area (Å²) in [7, 11) is 1.96. The molecule has 31 heavy (non-hydrogen) atoms. The molecule has 4 nitrogen and oxygen atoms in total. The molecule has 1 atom stereocenters. The van der Waals surface area contributed by atoms with Crippen LogP contribution in [-0.2, 0) is 11.3 Å². The van der Waals surface area contributed by atoms with Crippen molar-refractivity contribution in [2.24, 2.45) is 5.10 Å². The van der Waals surface area contributed by atoms with Crippen LogP contribution in [0.1, 0.15) is 34.7 Å². The molecule has 0 spiro atoms. The summed E-state index contributed by atoms with van der Waals surface area (Å²) in [6.07, 6.45) is 0.640. The van der Waals surface area contributed by atoms with E-state index in [4.69, 9.17) is 16.7 Å². The lowest BCUT2D eigenvalue weighted by atomic mass is 9.97. The third-order valence-corrected chi connectivity index (χ3v) is 5.83. The topological polar surface area (TPSA) is 35.9 Å². The number of nitrogens with zero attached hydrogens (tertiary/aromatic N) is 3. The number of aryl methyl sites for hydroxylation is 1. The second-order valence-electron chi connectivity index (χ2n) is 8.05. The maximum absolute atomic E-state index is 13.3. The van der Waals surface area contributed by atoms with Gasteiger partial charge in [-0.2, -0.15) is 5.10 Å². The molecule has 1 aliphatic rings. The van der Waals surface area contributed by atoms with E-state index in [1.54, 1.807) is 5.01 Å². The number of hydrogen-bond acceptors (Lipinski definition) is 3. The number of amides is 1. The summed E-state index contributed by atoms with van der Waals surface area (Å²) < 4.78 is 0. The standard InChI is InChI=1S/C26H26ClN3O/c1-19-9-8-12-21(15-19)24-16-25(22-13-6-7-14-23(22)27)30(28-24)26(31)18-29(2)17-20-10-4-3-5-11-20/h3-15,25H,16-18H2,1-2H3/t25-/m1/s1. The summed E-state index contributed by atoms with van der Waals surface area (Å²) in [5.41, 5.74) is 5.22. The molecule has 0 bridgehead atoms. The molecule has 1 heterocycles. The summed E-state index contributed by atoms with van der Waals surface area (Å²) in [6.45, 7) is 3.04. The molecule has 0 radical (unpaired) electrons. The van der Waals surface area contributed by atoms with Crippen LogP contribution in [0.25, 0.3) is 0 Å². The molecule has 0 N–H and O–H groups in total. The highest BCUT2D eigenvalue weighted by Crippen LogP contribution is 2.36. The van der Waals surface area contributed by atoms with Gasteiger partial charge in [-0.05, 0) is 36.7 Å². The van der Waals surface area contributed by atoms with Gasteiger partial charge in [-0.25, -0.2) is 5.01 Å². The van der Waals surface area contributed by atoms with Gasteiger partial charge in [0.25, 0.3) is 5.91 Å². The van der Waals surface area contributed by atoms with Crippen LogP contribution in [0.3, 0.4) is 0 Å². The molecule has 1 amide bonds. The number of hydrogen-bond donors (Lipinski definition) is 0. The van der Waals surface area contributed by atoms with Crippen LogP contribution in [0.4, 0.5) is 0 Å². The molecule has 3 aromatic rings. The monoisotopic (exact) mass is 431 g/mol. The van der Waals surface area contributed by atoms with E-state index >= 15 is 0 Å². The minimum atomic E-state index is -0.207. The van der Waals surface area contributed by atoms with Crippen LogP contribution >= 0.6 is 11.6 Å². The van der Waals surface area contributed by atoms with E-state index in [-0.39, 0.29) is 18.5 Å². The van der Waals surface area contributed by atoms with Crippen molar-refractivity contribution in [2.75, 3.05) is 13.6 Å². The van der Waals surface area contributed by atoms with Crippen molar-refractivity contribution >= 4 is 23.2 Å². The number of carbonyl (C=O) groups is 1. The number of benzene rings is 3. The maximum Gasteiger partial charge on any atom is 0.257 e. The zero-order chi connectivity index (χ0) is 21.8. The summed E-state index contributed by atoms with van der Waals surface area (Å²) >= 11 is 6.51. The third kappa shape index (κ3) is 5.04. The minimum Gasteiger partial charge on any atom is -0.293 e. The lowest BCUT2D eigenvalue weighted by Crippen LogP contribution is -2.36. The van der Waals surface area contributed by atoms with Crippen LogP contribution in [-0.4, -0.2) is 35.1 Å². The highest BCUT2D eigenvalue weighted by atomic mass is 35.5. The van der Waals surface area contributed by atoms with E-state index in [2.05, 4.69) is 31.2 Å². The SMILES string of the molecule is Cc1cccc(C2=NN(C(=O)CN(C)Cc3ccccc3)[C@@H](c3ccccc3Cl)C2)c1. The van der Waals surface area contributed by atoms with Gasteiger partial charge in [-0.1, -0.05) is 90.0 Å². The largest absolute Gasteiger partial charge is 0.293 e. The van der Waals surface area contributed by atoms with Gasteiger partial charge in [0.2, 0.25) is 0 Å². The lowest BCUT2D eigenvalue weighted by molar-refractivity contribution is -0.134. The Balaban J connectivity index is 1.58. The van der Waals surface area contributed by atoms with Gasteiger partial charge in [-0.3, -0.25) is 9.69 Å². The summed E-state index contributed by atoms with van der Waals surface area (Å²) in [6, 6.07) is 25.9. The molecule has 158 valence electrons. The number of likely N-dealkylation sites (N-methyl/N-ethyl adjacent to an activating group) is 1. The quantitative estimate of drug-likeness (QED) is 0.519. The number of rotatable bonds is 6. The van der Waals surface area contributed by atoms with Gasteiger partial charge in [-0.15, -0.1) is 0 Å². The fourth-order valence-electron chi connectivity index (χ4n) is 3.98. The fraction of sp³-hybridized carbons (Fsp3) is 0.231. The van der Waals surface area contributed by atoms with Crippen LogP contribution < -0.4 is 0 Å². The Labute approximate surface area is 188 Å². The molecule has 0 unspecified atom stereocenters. The second kappa shape index (κ2) is 9.46. The third-order valence-electron chi connectivity index (χ3n) is 5.48. The first-order valence-corrected chi connectivity index (χ1v) is 10.8. The Kier molecular flexibility index (Phi) is 6.50. The van der Waals surface area contributed by atoms with E-state index in [9.17, 15) is 4.79 Å². The van der Waals surface area contributed by atoms with E-state index in [0.29, 0.717) is 18.0 Å². The summed E-state index contributed by atoms with van der Waals surface area (Å²) in [4.78, 5) is 15.3. The van der Waals surface area contributed by atoms with Crippen molar-refractivity contribution in [2.45, 2.75) is 25.9 Å². The molecule has 0 saturated carbocycles. The van der Waals surface area contributed by atoms with E-state index in [1.165, 1.54) is 11.1 Å². The van der Waals surface area contributed by atoms with Crippen molar-refractivity contribution in [1.29, 1.82) is 0 Å². The Morgan fingerprint density at radius 2 is 1.81 bits per heavy atom. The first-order valence-electron chi connectivity index (χ1n) is 10.4. The molecular formula is C26H26ClN3O. The van der Waals surface area contributed by atoms with Crippen molar-refractivity contribution in [3.05, 3.63) is 106 Å². The van der Waals surface area contributed by atoms with Gasteiger partial charge < -0.3 is 0 Å². The maximum atomic E-state index is 13.3. The van der Waals surface area contributed by atoms with Gasteiger partial charge in [0.05, 0.1) is 18.3 Å². The predicted octanol–water partition coefficient (Wildman–Crippen LogP) is 5.46. The average molecular weight is 432 g/mol. The van der Waals surface area contributed by atoms with E-state index in [0.717, 1.165) is 16.8 Å². The predicted molar refractivity (Wildman–Crippen MR) is 126 cm³/mol. The zero-order valence-electron chi connectivity index (χ0n) is 17.8. The smallest absolute Gasteiger partial charge is 0.257 e. The van der Waals surface area contributed by atoms with Crippen LogP contribution in [0.15, 0.2) is 84.0 Å². The Bertz CT molecular complexity index is 1100. The molecular weight excluding hydrogens is 406 g/mol. The van der Waals surface area contributed by atoms with Gasteiger partial charge in [0, 0.05) is 18.0 Å². The lowest BCUT2D eigenvalue weighted by Gasteiger charge is -2.25. The van der Waals surface area contributed by atoms with Gasteiger partial charge in [0.1, 0.15) is 0 Å². The van der Waals surface area contributed by atoms with Crippen molar-refractivity contribution < 1.29 is 4.79 Å². The van der Waals surface area contributed by atoms with Gasteiger partial charge in [0.15, 0.2) is 0 Å². The van der Waals surface area contributed by atoms with Crippen LogP contribution in [0.2, 0.25) is 5.02 Å². The second-order valence-corrected chi connectivity index (χ2v) is 8.46. The number of halogens is 1. The Morgan fingerprint density at radius 3 is 2.55 bits per heavy atom. The molecule has 5 heteroatoms.